The van der Waals surface area contributed by atoms with E-state index in [1.54, 1.807) is 0 Å². The zero-order valence-corrected chi connectivity index (χ0v) is 12.3. The van der Waals surface area contributed by atoms with Gasteiger partial charge >= 0.3 is 0 Å². The van der Waals surface area contributed by atoms with Gasteiger partial charge in [0.05, 0.1) is 11.5 Å². The molecule has 0 aromatic heterocycles. The summed E-state index contributed by atoms with van der Waals surface area (Å²) in [5.41, 5.74) is 5.66. The van der Waals surface area contributed by atoms with E-state index in [0.29, 0.717) is 6.42 Å². The molecule has 108 valence electrons. The smallest absolute Gasteiger partial charge is 0.236 e. The van der Waals surface area contributed by atoms with Gasteiger partial charge in [0, 0.05) is 12.5 Å². The summed E-state index contributed by atoms with van der Waals surface area (Å²) < 4.78 is 0. The predicted octanol–water partition coefficient (Wildman–Crippen LogP) is 2.07. The Hall–Kier alpha value is -0.900. The van der Waals surface area contributed by atoms with Crippen molar-refractivity contribution in [2.24, 2.45) is 17.1 Å². The van der Waals surface area contributed by atoms with Crippen molar-refractivity contribution in [2.75, 3.05) is 0 Å². The van der Waals surface area contributed by atoms with Gasteiger partial charge in [0.15, 0.2) is 0 Å². The number of likely N-dealkylation sites (tertiary alicyclic amines) is 1. The first-order chi connectivity index (χ1) is 8.88. The predicted molar refractivity (Wildman–Crippen MR) is 74.3 cm³/mol. The molecule has 1 saturated heterocycles. The molecule has 4 heteroatoms. The average Bonchev–Trinajstić information content (AvgIpc) is 2.50. The summed E-state index contributed by atoms with van der Waals surface area (Å²) in [7, 11) is 0. The summed E-state index contributed by atoms with van der Waals surface area (Å²) in [5, 5.41) is 0. The molecule has 1 aliphatic heterocycles. The molecule has 1 saturated carbocycles. The van der Waals surface area contributed by atoms with Crippen LogP contribution >= 0.6 is 0 Å². The van der Waals surface area contributed by atoms with Gasteiger partial charge in [-0.1, -0.05) is 33.1 Å². The quantitative estimate of drug-likeness (QED) is 0.614. The highest BCUT2D eigenvalue weighted by Gasteiger charge is 2.52. The molecule has 0 radical (unpaired) electrons. The number of nitrogens with two attached hydrogens (primary N) is 1. The molecule has 2 N–H and O–H groups in total. The van der Waals surface area contributed by atoms with Crippen LogP contribution < -0.4 is 5.73 Å². The molecule has 2 fully saturated rings. The van der Waals surface area contributed by atoms with Crippen LogP contribution in [0.5, 0.6) is 0 Å². The largest absolute Gasteiger partial charge is 0.326 e. The Morgan fingerprint density at radius 2 is 1.84 bits per heavy atom. The lowest BCUT2D eigenvalue weighted by molar-refractivity contribution is -0.145. The summed E-state index contributed by atoms with van der Waals surface area (Å²) in [6, 6.07) is -0.131. The molecule has 2 rings (SSSR count). The van der Waals surface area contributed by atoms with E-state index in [1.807, 2.05) is 20.8 Å². The van der Waals surface area contributed by atoms with E-state index < -0.39 is 5.41 Å². The molecule has 2 amide bonds. The van der Waals surface area contributed by atoms with Crippen LogP contribution in [0.1, 0.15) is 59.3 Å². The van der Waals surface area contributed by atoms with E-state index >= 15 is 0 Å². The van der Waals surface area contributed by atoms with Gasteiger partial charge in [-0.05, 0) is 25.7 Å². The van der Waals surface area contributed by atoms with E-state index in [0.717, 1.165) is 32.1 Å². The molecular formula is C15H26N2O2. The molecule has 3 unspecified atom stereocenters. The number of carbonyl (C=O) groups is 2. The molecule has 1 aliphatic carbocycles. The number of amides is 2. The summed E-state index contributed by atoms with van der Waals surface area (Å²) in [6.07, 6.45) is 5.45. The molecule has 19 heavy (non-hydrogen) atoms. The van der Waals surface area contributed by atoms with Crippen LogP contribution in [0, 0.1) is 11.3 Å². The Bertz CT molecular complexity index is 380. The monoisotopic (exact) mass is 266 g/mol. The highest BCUT2D eigenvalue weighted by atomic mass is 16.2. The fourth-order valence-corrected chi connectivity index (χ4v) is 3.29. The van der Waals surface area contributed by atoms with E-state index in [1.165, 1.54) is 4.90 Å². The maximum atomic E-state index is 12.7. The topological polar surface area (TPSA) is 63.4 Å². The fraction of sp³-hybridized carbons (Fsp3) is 0.867. The third kappa shape index (κ3) is 2.42. The van der Waals surface area contributed by atoms with Crippen molar-refractivity contribution in [1.29, 1.82) is 0 Å². The van der Waals surface area contributed by atoms with E-state index in [2.05, 4.69) is 0 Å². The van der Waals surface area contributed by atoms with Crippen LogP contribution in [0.2, 0.25) is 0 Å². The lowest BCUT2D eigenvalue weighted by Gasteiger charge is -2.32. The minimum absolute atomic E-state index is 0.00477. The molecule has 0 aromatic rings. The van der Waals surface area contributed by atoms with Crippen molar-refractivity contribution in [3.05, 3.63) is 0 Å². The second kappa shape index (κ2) is 5.23. The van der Waals surface area contributed by atoms with Gasteiger partial charge in [-0.15, -0.1) is 0 Å². The van der Waals surface area contributed by atoms with E-state index in [9.17, 15) is 9.59 Å². The van der Waals surface area contributed by atoms with Crippen LogP contribution in [0.3, 0.4) is 0 Å². The molecule has 0 spiro atoms. The maximum absolute atomic E-state index is 12.7. The second-order valence-electron chi connectivity index (χ2n) is 6.69. The molecule has 2 aliphatic rings. The third-order valence-corrected chi connectivity index (χ3v) is 5.13. The number of carbonyl (C=O) groups excluding carboxylic acids is 2. The van der Waals surface area contributed by atoms with Crippen LogP contribution in [0.15, 0.2) is 0 Å². The Balaban J connectivity index is 2.24. The van der Waals surface area contributed by atoms with Gasteiger partial charge in [0.25, 0.3) is 0 Å². The molecular weight excluding hydrogens is 240 g/mol. The maximum Gasteiger partial charge on any atom is 0.236 e. The zero-order chi connectivity index (χ0) is 14.2. The molecule has 3 atom stereocenters. The van der Waals surface area contributed by atoms with Crippen molar-refractivity contribution < 1.29 is 9.59 Å². The minimum Gasteiger partial charge on any atom is -0.326 e. The van der Waals surface area contributed by atoms with Crippen molar-refractivity contribution >= 4 is 11.8 Å². The zero-order valence-electron chi connectivity index (χ0n) is 12.3. The van der Waals surface area contributed by atoms with Crippen molar-refractivity contribution in [3.8, 4) is 0 Å². The molecule has 0 aromatic carbocycles. The summed E-state index contributed by atoms with van der Waals surface area (Å²) >= 11 is 0. The Morgan fingerprint density at radius 3 is 2.42 bits per heavy atom. The Morgan fingerprint density at radius 1 is 1.21 bits per heavy atom. The Kier molecular flexibility index (Phi) is 4.00. The number of nitrogens with zero attached hydrogens (tertiary/aromatic N) is 1. The van der Waals surface area contributed by atoms with E-state index in [4.69, 9.17) is 5.73 Å². The van der Waals surface area contributed by atoms with Gasteiger partial charge in [0.2, 0.25) is 11.8 Å². The SMILES string of the molecule is CC(C)C1(C)CC(=O)N(C2CCCCCC2N)C1=O. The van der Waals surface area contributed by atoms with Crippen molar-refractivity contribution in [3.63, 3.8) is 0 Å². The first kappa shape index (κ1) is 14.5. The second-order valence-corrected chi connectivity index (χ2v) is 6.69. The Labute approximate surface area is 115 Å². The highest BCUT2D eigenvalue weighted by Crippen LogP contribution is 2.41. The van der Waals surface area contributed by atoms with Gasteiger partial charge in [-0.2, -0.15) is 0 Å². The van der Waals surface area contributed by atoms with Gasteiger partial charge in [-0.25, -0.2) is 0 Å². The van der Waals surface area contributed by atoms with E-state index in [-0.39, 0.29) is 29.8 Å². The van der Waals surface area contributed by atoms with Gasteiger partial charge < -0.3 is 5.73 Å². The number of imide groups is 1. The first-order valence-electron chi connectivity index (χ1n) is 7.50. The highest BCUT2D eigenvalue weighted by molar-refractivity contribution is 6.06. The number of hydrogen-bond donors (Lipinski definition) is 1. The molecule has 4 nitrogen and oxygen atoms in total. The summed E-state index contributed by atoms with van der Waals surface area (Å²) in [6.45, 7) is 5.95. The normalized spacial score (nSPS) is 37.0. The van der Waals surface area contributed by atoms with Crippen LogP contribution in [-0.2, 0) is 9.59 Å². The average molecular weight is 266 g/mol. The van der Waals surface area contributed by atoms with Crippen molar-refractivity contribution in [1.82, 2.24) is 4.90 Å². The number of rotatable bonds is 2. The summed E-state index contributed by atoms with van der Waals surface area (Å²) in [4.78, 5) is 26.5. The molecule has 0 bridgehead atoms. The number of hydrogen-bond acceptors (Lipinski definition) is 3. The fourth-order valence-electron chi connectivity index (χ4n) is 3.29. The van der Waals surface area contributed by atoms with Gasteiger partial charge in [0.1, 0.15) is 0 Å². The summed E-state index contributed by atoms with van der Waals surface area (Å²) in [5.74, 6) is 0.148. The standard InChI is InChI=1S/C15H26N2O2/c1-10(2)15(3)9-13(18)17(14(15)19)12-8-6-4-5-7-11(12)16/h10-12H,4-9,16H2,1-3H3. The molecule has 1 heterocycles. The lowest BCUT2D eigenvalue weighted by Crippen LogP contribution is -2.51. The third-order valence-electron chi connectivity index (χ3n) is 5.13. The first-order valence-corrected chi connectivity index (χ1v) is 7.50. The lowest BCUT2D eigenvalue weighted by atomic mass is 9.77. The van der Waals surface area contributed by atoms with Crippen LogP contribution in [-0.4, -0.2) is 28.8 Å². The minimum atomic E-state index is -0.539. The van der Waals surface area contributed by atoms with Crippen LogP contribution in [0.4, 0.5) is 0 Å². The van der Waals surface area contributed by atoms with Crippen LogP contribution in [0.25, 0.3) is 0 Å². The van der Waals surface area contributed by atoms with Crippen molar-refractivity contribution in [2.45, 2.75) is 71.4 Å². The van der Waals surface area contributed by atoms with Gasteiger partial charge in [-0.3, -0.25) is 14.5 Å².